The van der Waals surface area contributed by atoms with E-state index in [1.165, 1.54) is 31.0 Å². The van der Waals surface area contributed by atoms with E-state index in [-0.39, 0.29) is 29.1 Å². The molecule has 0 saturated heterocycles. The van der Waals surface area contributed by atoms with Crippen LogP contribution in [0.1, 0.15) is 32.0 Å². The molecule has 0 spiro atoms. The second-order valence-electron chi connectivity index (χ2n) is 6.35. The molecule has 1 aromatic heterocycles. The summed E-state index contributed by atoms with van der Waals surface area (Å²) in [5.41, 5.74) is 7.76. The number of nitrogen functional groups attached to an aromatic ring is 1. The van der Waals surface area contributed by atoms with E-state index in [0.29, 0.717) is 15.0 Å². The van der Waals surface area contributed by atoms with Gasteiger partial charge in [-0.2, -0.15) is 5.26 Å². The molecule has 9 heteroatoms. The Bertz CT molecular complexity index is 1180. The van der Waals surface area contributed by atoms with Gasteiger partial charge in [0.15, 0.2) is 5.69 Å². The van der Waals surface area contributed by atoms with Crippen LogP contribution in [0.2, 0.25) is 0 Å². The molecule has 0 atom stereocenters. The normalized spacial score (nSPS) is 10.3. The zero-order valence-corrected chi connectivity index (χ0v) is 18.9. The number of ether oxygens (including phenoxy) is 3. The number of nitrogens with zero attached hydrogens (tertiary/aromatic N) is 2. The molecule has 2 N–H and O–H groups in total. The first kappa shape index (κ1) is 22.2. The summed E-state index contributed by atoms with van der Waals surface area (Å²) < 4.78 is 17.8. The molecule has 3 aromatic rings. The lowest BCUT2D eigenvalue weighted by atomic mass is 10.1. The lowest BCUT2D eigenvalue weighted by Gasteiger charge is -2.17. The van der Waals surface area contributed by atoms with E-state index in [9.17, 15) is 14.9 Å². The molecule has 31 heavy (non-hydrogen) atoms. The predicted octanol–water partition coefficient (Wildman–Crippen LogP) is 3.69. The van der Waals surface area contributed by atoms with Gasteiger partial charge in [0.1, 0.15) is 24.1 Å². The number of methoxy groups -OCH3 is 2. The molecular weight excluding hydrogens is 513 g/mol. The number of carbonyl (C=O) groups is 2. The third kappa shape index (κ3) is 4.49. The first-order valence-corrected chi connectivity index (χ1v) is 10.1. The first-order chi connectivity index (χ1) is 14.9. The van der Waals surface area contributed by atoms with Gasteiger partial charge in [0.25, 0.3) is 0 Å². The smallest absolute Gasteiger partial charge is 0.357 e. The van der Waals surface area contributed by atoms with E-state index in [0.717, 1.165) is 5.56 Å². The molecule has 0 radical (unpaired) electrons. The van der Waals surface area contributed by atoms with Crippen molar-refractivity contribution in [3.8, 4) is 17.5 Å². The maximum absolute atomic E-state index is 12.4. The third-order valence-electron chi connectivity index (χ3n) is 4.47. The van der Waals surface area contributed by atoms with Gasteiger partial charge in [-0.05, 0) is 40.3 Å². The molecule has 0 amide bonds. The fourth-order valence-corrected chi connectivity index (χ4v) is 3.84. The summed E-state index contributed by atoms with van der Waals surface area (Å²) in [5, 5.41) is 9.41. The van der Waals surface area contributed by atoms with Gasteiger partial charge in [0.05, 0.1) is 31.0 Å². The van der Waals surface area contributed by atoms with E-state index in [1.807, 2.05) is 59.0 Å². The summed E-state index contributed by atoms with van der Waals surface area (Å²) in [5.74, 6) is -0.936. The number of nitrogens with two attached hydrogens (primary N) is 1. The molecule has 3 rings (SSSR count). The highest BCUT2D eigenvalue weighted by atomic mass is 127. The largest absolute Gasteiger partial charge is 0.487 e. The van der Waals surface area contributed by atoms with Crippen LogP contribution >= 0.6 is 22.6 Å². The molecule has 2 aromatic carbocycles. The van der Waals surface area contributed by atoms with Crippen molar-refractivity contribution < 1.29 is 23.8 Å². The number of rotatable bonds is 6. The van der Waals surface area contributed by atoms with Crippen LogP contribution in [0, 0.1) is 14.9 Å². The Kier molecular flexibility index (Phi) is 6.81. The number of hydrogen-bond acceptors (Lipinski definition) is 7. The lowest BCUT2D eigenvalue weighted by Crippen LogP contribution is -2.14. The summed E-state index contributed by atoms with van der Waals surface area (Å²) in [4.78, 5) is 24.6. The molecule has 158 valence electrons. The fourth-order valence-electron chi connectivity index (χ4n) is 2.98. The summed E-state index contributed by atoms with van der Waals surface area (Å²) in [6.07, 6.45) is 1.44. The molecule has 0 aliphatic heterocycles. The standard InChI is InChI=1S/C22H18IN3O5/c1-29-21(27)14-8-16(23)19(17(9-14)31-12-13-6-4-3-5-7-13)26-11-15(10-24)18(25)20(26)22(28)30-2/h3-9,11H,12,25H2,1-2H3. The van der Waals surface area contributed by atoms with Gasteiger partial charge < -0.3 is 24.5 Å². The van der Waals surface area contributed by atoms with Crippen molar-refractivity contribution in [2.75, 3.05) is 20.0 Å². The minimum Gasteiger partial charge on any atom is -0.487 e. The molecule has 0 fully saturated rings. The minimum atomic E-state index is -0.708. The topological polar surface area (TPSA) is 117 Å². The number of benzene rings is 2. The van der Waals surface area contributed by atoms with Crippen LogP contribution in [0.15, 0.2) is 48.7 Å². The van der Waals surface area contributed by atoms with Crippen molar-refractivity contribution >= 4 is 40.2 Å². The quantitative estimate of drug-likeness (QED) is 0.381. The molecule has 0 aliphatic rings. The Morgan fingerprint density at radius 2 is 1.81 bits per heavy atom. The summed E-state index contributed by atoms with van der Waals surface area (Å²) in [6.45, 7) is 0.212. The van der Waals surface area contributed by atoms with Gasteiger partial charge in [-0.3, -0.25) is 0 Å². The number of esters is 2. The zero-order chi connectivity index (χ0) is 22.5. The monoisotopic (exact) mass is 531 g/mol. The summed E-state index contributed by atoms with van der Waals surface area (Å²) >= 11 is 2.02. The molecular formula is C22H18IN3O5. The van der Waals surface area contributed by atoms with E-state index in [2.05, 4.69) is 0 Å². The van der Waals surface area contributed by atoms with Gasteiger partial charge in [0, 0.05) is 9.77 Å². The lowest BCUT2D eigenvalue weighted by molar-refractivity contribution is 0.0586. The maximum atomic E-state index is 12.4. The van der Waals surface area contributed by atoms with Gasteiger partial charge >= 0.3 is 11.9 Å². The number of nitriles is 1. The Hall–Kier alpha value is -3.52. The van der Waals surface area contributed by atoms with Crippen molar-refractivity contribution in [3.63, 3.8) is 0 Å². The van der Waals surface area contributed by atoms with Crippen molar-refractivity contribution in [3.05, 3.63) is 74.6 Å². The number of halogens is 1. The van der Waals surface area contributed by atoms with Crippen LogP contribution in [-0.4, -0.2) is 30.7 Å². The van der Waals surface area contributed by atoms with Crippen LogP contribution in [0.25, 0.3) is 5.69 Å². The van der Waals surface area contributed by atoms with E-state index in [1.54, 1.807) is 6.07 Å². The van der Waals surface area contributed by atoms with Crippen molar-refractivity contribution in [2.24, 2.45) is 0 Å². The van der Waals surface area contributed by atoms with Gasteiger partial charge in [-0.15, -0.1) is 0 Å². The van der Waals surface area contributed by atoms with Crippen LogP contribution in [0.3, 0.4) is 0 Å². The summed E-state index contributed by atoms with van der Waals surface area (Å²) in [7, 11) is 2.51. The highest BCUT2D eigenvalue weighted by molar-refractivity contribution is 14.1. The van der Waals surface area contributed by atoms with Gasteiger partial charge in [0.2, 0.25) is 0 Å². The number of aromatic nitrogens is 1. The highest BCUT2D eigenvalue weighted by Gasteiger charge is 2.26. The van der Waals surface area contributed by atoms with Crippen LogP contribution in [0.5, 0.6) is 5.75 Å². The molecule has 0 bridgehead atoms. The van der Waals surface area contributed by atoms with Gasteiger partial charge in [-0.1, -0.05) is 30.3 Å². The predicted molar refractivity (Wildman–Crippen MR) is 121 cm³/mol. The van der Waals surface area contributed by atoms with Crippen molar-refractivity contribution in [1.29, 1.82) is 5.26 Å². The minimum absolute atomic E-state index is 0.00351. The average molecular weight is 531 g/mol. The SMILES string of the molecule is COC(=O)c1cc(I)c(-n2cc(C#N)c(N)c2C(=O)OC)c(OCc2ccccc2)c1. The highest BCUT2D eigenvalue weighted by Crippen LogP contribution is 2.35. The number of carbonyl (C=O) groups excluding carboxylic acids is 2. The molecule has 0 saturated carbocycles. The van der Waals surface area contributed by atoms with Crippen LogP contribution in [0.4, 0.5) is 5.69 Å². The Morgan fingerprint density at radius 3 is 2.42 bits per heavy atom. The maximum Gasteiger partial charge on any atom is 0.357 e. The Labute approximate surface area is 192 Å². The zero-order valence-electron chi connectivity index (χ0n) is 16.7. The molecule has 0 aliphatic carbocycles. The third-order valence-corrected chi connectivity index (χ3v) is 5.29. The van der Waals surface area contributed by atoms with Crippen LogP contribution < -0.4 is 10.5 Å². The Balaban J connectivity index is 2.21. The molecule has 1 heterocycles. The Morgan fingerprint density at radius 1 is 1.13 bits per heavy atom. The van der Waals surface area contributed by atoms with Gasteiger partial charge in [-0.25, -0.2) is 9.59 Å². The number of anilines is 1. The second-order valence-corrected chi connectivity index (χ2v) is 7.51. The molecule has 0 unspecified atom stereocenters. The summed E-state index contributed by atoms with van der Waals surface area (Å²) in [6, 6.07) is 14.6. The fraction of sp³-hybridized carbons (Fsp3) is 0.136. The first-order valence-electron chi connectivity index (χ1n) is 8.99. The van der Waals surface area contributed by atoms with E-state index >= 15 is 0 Å². The van der Waals surface area contributed by atoms with Crippen LogP contribution in [-0.2, 0) is 16.1 Å². The van der Waals surface area contributed by atoms with Crippen molar-refractivity contribution in [2.45, 2.75) is 6.61 Å². The second kappa shape index (κ2) is 9.53. The average Bonchev–Trinajstić information content (AvgIpc) is 3.12. The molecule has 8 nitrogen and oxygen atoms in total. The van der Waals surface area contributed by atoms with Crippen molar-refractivity contribution in [1.82, 2.24) is 4.57 Å². The number of hydrogen-bond donors (Lipinski definition) is 1. The van der Waals surface area contributed by atoms with E-state index in [4.69, 9.17) is 19.9 Å². The van der Waals surface area contributed by atoms with E-state index < -0.39 is 11.9 Å².